The van der Waals surface area contributed by atoms with Crippen LogP contribution in [0.15, 0.2) is 0 Å². The number of hydrogen-bond acceptors (Lipinski definition) is 4. The van der Waals surface area contributed by atoms with Gasteiger partial charge >= 0.3 is 0 Å². The van der Waals surface area contributed by atoms with Crippen molar-refractivity contribution in [3.63, 3.8) is 0 Å². The van der Waals surface area contributed by atoms with Crippen molar-refractivity contribution in [1.29, 1.82) is 10.5 Å². The normalized spacial score (nSPS) is 32.9. The lowest BCUT2D eigenvalue weighted by Crippen LogP contribution is -2.31. The Kier molecular flexibility index (Phi) is 2.81. The number of nitriles is 2. The third-order valence-corrected chi connectivity index (χ3v) is 2.45. The first-order valence-electron chi connectivity index (χ1n) is 4.11. The highest BCUT2D eigenvalue weighted by Gasteiger charge is 2.36. The summed E-state index contributed by atoms with van der Waals surface area (Å²) >= 11 is 0. The zero-order valence-electron chi connectivity index (χ0n) is 7.01. The first-order chi connectivity index (χ1) is 6.19. The van der Waals surface area contributed by atoms with Crippen LogP contribution in [0.2, 0.25) is 0 Å². The van der Waals surface area contributed by atoms with Crippen LogP contribution in [0, 0.1) is 44.6 Å². The van der Waals surface area contributed by atoms with Gasteiger partial charge in [0.15, 0.2) is 0 Å². The SMILES string of the molecule is N#CC1CCC([N+](=O)[O-])CC1C#N. The highest BCUT2D eigenvalue weighted by Crippen LogP contribution is 2.30. The maximum atomic E-state index is 10.4. The summed E-state index contributed by atoms with van der Waals surface area (Å²) in [6.07, 6.45) is 1.12. The summed E-state index contributed by atoms with van der Waals surface area (Å²) in [5, 5.41) is 27.7. The van der Waals surface area contributed by atoms with E-state index in [1.807, 2.05) is 12.1 Å². The third kappa shape index (κ3) is 1.94. The molecular formula is C8H9N3O2. The topological polar surface area (TPSA) is 90.7 Å². The van der Waals surface area contributed by atoms with E-state index in [0.717, 1.165) is 0 Å². The largest absolute Gasteiger partial charge is 0.264 e. The van der Waals surface area contributed by atoms with Crippen molar-refractivity contribution in [3.05, 3.63) is 10.1 Å². The van der Waals surface area contributed by atoms with E-state index in [0.29, 0.717) is 12.8 Å². The van der Waals surface area contributed by atoms with Gasteiger partial charge in [0, 0.05) is 17.8 Å². The fourth-order valence-corrected chi connectivity index (χ4v) is 1.64. The fourth-order valence-electron chi connectivity index (χ4n) is 1.64. The minimum Gasteiger partial charge on any atom is -0.264 e. The molecule has 3 unspecified atom stereocenters. The number of rotatable bonds is 1. The molecular weight excluding hydrogens is 170 g/mol. The zero-order chi connectivity index (χ0) is 9.84. The quantitative estimate of drug-likeness (QED) is 0.445. The van der Waals surface area contributed by atoms with Crippen LogP contribution in [0.4, 0.5) is 0 Å². The lowest BCUT2D eigenvalue weighted by atomic mass is 9.79. The van der Waals surface area contributed by atoms with E-state index < -0.39 is 12.0 Å². The Morgan fingerprint density at radius 3 is 2.31 bits per heavy atom. The predicted molar refractivity (Wildman–Crippen MR) is 42.8 cm³/mol. The minimum atomic E-state index is -0.630. The molecule has 1 fully saturated rings. The minimum absolute atomic E-state index is 0.224. The highest BCUT2D eigenvalue weighted by atomic mass is 16.6. The Bertz CT molecular complexity index is 289. The van der Waals surface area contributed by atoms with Crippen molar-refractivity contribution < 1.29 is 4.92 Å². The number of nitrogens with zero attached hydrogens (tertiary/aromatic N) is 3. The first-order valence-corrected chi connectivity index (χ1v) is 4.11. The summed E-state index contributed by atoms with van der Waals surface area (Å²) in [5.74, 6) is -0.782. The Labute approximate surface area is 75.7 Å². The molecule has 13 heavy (non-hydrogen) atoms. The molecule has 0 aromatic heterocycles. The monoisotopic (exact) mass is 179 g/mol. The standard InChI is InChI=1S/C8H9N3O2/c9-4-6-1-2-8(11(12)13)3-7(6)5-10/h6-8H,1-3H2. The van der Waals surface area contributed by atoms with E-state index >= 15 is 0 Å². The van der Waals surface area contributed by atoms with Crippen molar-refractivity contribution in [2.24, 2.45) is 11.8 Å². The average molecular weight is 179 g/mol. The van der Waals surface area contributed by atoms with E-state index in [1.165, 1.54) is 0 Å². The van der Waals surface area contributed by atoms with Gasteiger partial charge < -0.3 is 0 Å². The Hall–Kier alpha value is -1.62. The maximum absolute atomic E-state index is 10.4. The Morgan fingerprint density at radius 1 is 1.23 bits per heavy atom. The second kappa shape index (κ2) is 3.86. The first kappa shape index (κ1) is 9.47. The van der Waals surface area contributed by atoms with Gasteiger partial charge in [0.1, 0.15) is 0 Å². The number of hydrogen-bond donors (Lipinski definition) is 0. The van der Waals surface area contributed by atoms with Gasteiger partial charge in [0.05, 0.1) is 24.0 Å². The van der Waals surface area contributed by atoms with Gasteiger partial charge in [-0.05, 0) is 6.42 Å². The van der Waals surface area contributed by atoms with Crippen molar-refractivity contribution >= 4 is 0 Å². The third-order valence-electron chi connectivity index (χ3n) is 2.45. The van der Waals surface area contributed by atoms with Crippen LogP contribution in [0.5, 0.6) is 0 Å². The molecule has 0 radical (unpaired) electrons. The molecule has 1 aliphatic rings. The molecule has 1 rings (SSSR count). The summed E-state index contributed by atoms with van der Waals surface area (Å²) in [6.45, 7) is 0. The van der Waals surface area contributed by atoms with Crippen LogP contribution < -0.4 is 0 Å². The summed E-state index contributed by atoms with van der Waals surface area (Å²) in [5.41, 5.74) is 0. The molecule has 0 heterocycles. The fraction of sp³-hybridized carbons (Fsp3) is 0.750. The molecule has 0 aromatic rings. The maximum Gasteiger partial charge on any atom is 0.214 e. The van der Waals surface area contributed by atoms with E-state index in [-0.39, 0.29) is 17.3 Å². The summed E-state index contributed by atoms with van der Waals surface area (Å²) < 4.78 is 0. The summed E-state index contributed by atoms with van der Waals surface area (Å²) in [4.78, 5) is 10.1. The molecule has 5 nitrogen and oxygen atoms in total. The second-order valence-electron chi connectivity index (χ2n) is 3.22. The molecule has 5 heteroatoms. The van der Waals surface area contributed by atoms with Crippen molar-refractivity contribution in [2.45, 2.75) is 25.3 Å². The molecule has 0 saturated heterocycles. The van der Waals surface area contributed by atoms with Crippen LogP contribution in [0.3, 0.4) is 0 Å². The highest BCUT2D eigenvalue weighted by molar-refractivity contribution is 5.01. The van der Waals surface area contributed by atoms with E-state index in [9.17, 15) is 10.1 Å². The van der Waals surface area contributed by atoms with Gasteiger partial charge in [0.2, 0.25) is 6.04 Å². The number of nitro groups is 1. The van der Waals surface area contributed by atoms with E-state index in [4.69, 9.17) is 10.5 Å². The van der Waals surface area contributed by atoms with Crippen molar-refractivity contribution in [3.8, 4) is 12.1 Å². The zero-order valence-corrected chi connectivity index (χ0v) is 7.01. The van der Waals surface area contributed by atoms with Gasteiger partial charge in [-0.15, -0.1) is 0 Å². The van der Waals surface area contributed by atoms with E-state index in [1.54, 1.807) is 0 Å². The average Bonchev–Trinajstić information content (AvgIpc) is 2.16. The lowest BCUT2D eigenvalue weighted by Gasteiger charge is -2.23. The molecule has 0 N–H and O–H groups in total. The van der Waals surface area contributed by atoms with Crippen LogP contribution in [0.25, 0.3) is 0 Å². The molecule has 1 aliphatic carbocycles. The van der Waals surface area contributed by atoms with Crippen molar-refractivity contribution in [2.75, 3.05) is 0 Å². The van der Waals surface area contributed by atoms with Gasteiger partial charge in [0.25, 0.3) is 0 Å². The molecule has 0 bridgehead atoms. The molecule has 0 amide bonds. The second-order valence-corrected chi connectivity index (χ2v) is 3.22. The molecule has 0 spiro atoms. The Balaban J connectivity index is 2.65. The van der Waals surface area contributed by atoms with Gasteiger partial charge in [-0.25, -0.2) is 0 Å². The molecule has 3 atom stereocenters. The Morgan fingerprint density at radius 2 is 1.85 bits per heavy atom. The van der Waals surface area contributed by atoms with Gasteiger partial charge in [-0.2, -0.15) is 10.5 Å². The summed E-state index contributed by atoms with van der Waals surface area (Å²) in [6, 6.07) is 3.35. The van der Waals surface area contributed by atoms with Crippen LogP contribution in [-0.2, 0) is 0 Å². The van der Waals surface area contributed by atoms with Crippen LogP contribution in [0.1, 0.15) is 19.3 Å². The van der Waals surface area contributed by atoms with E-state index in [2.05, 4.69) is 0 Å². The van der Waals surface area contributed by atoms with Crippen LogP contribution in [-0.4, -0.2) is 11.0 Å². The predicted octanol–water partition coefficient (Wildman–Crippen LogP) is 1.10. The van der Waals surface area contributed by atoms with Crippen molar-refractivity contribution in [1.82, 2.24) is 0 Å². The molecule has 0 aromatic carbocycles. The summed E-state index contributed by atoms with van der Waals surface area (Å²) in [7, 11) is 0. The van der Waals surface area contributed by atoms with Gasteiger partial charge in [-0.3, -0.25) is 10.1 Å². The lowest BCUT2D eigenvalue weighted by molar-refractivity contribution is -0.527. The smallest absolute Gasteiger partial charge is 0.214 e. The molecule has 68 valence electrons. The van der Waals surface area contributed by atoms with Crippen LogP contribution >= 0.6 is 0 Å². The van der Waals surface area contributed by atoms with Gasteiger partial charge in [-0.1, -0.05) is 0 Å². The molecule has 0 aliphatic heterocycles. The molecule has 1 saturated carbocycles.